The first kappa shape index (κ1) is 23.2. The number of fused-ring (bicyclic) bond motifs is 1. The summed E-state index contributed by atoms with van der Waals surface area (Å²) < 4.78 is 61.5. The predicted molar refractivity (Wildman–Crippen MR) is 123 cm³/mol. The molecule has 2 aliphatic heterocycles. The first-order valence-electron chi connectivity index (χ1n) is 10.1. The minimum Gasteiger partial charge on any atom is -0.497 e. The van der Waals surface area contributed by atoms with E-state index in [1.54, 1.807) is 29.0 Å². The molecule has 0 aliphatic carbocycles. The highest BCUT2D eigenvalue weighted by atomic mass is 35.5. The normalized spacial score (nSPS) is 11.8. The van der Waals surface area contributed by atoms with Gasteiger partial charge in [-0.3, -0.25) is 0 Å². The predicted octanol–water partition coefficient (Wildman–Crippen LogP) is 6.44. The van der Waals surface area contributed by atoms with Crippen LogP contribution in [0.5, 0.6) is 5.75 Å². The molecule has 0 unspecified atom stereocenters. The molecule has 2 aliphatic rings. The molecule has 0 radical (unpaired) electrons. The highest BCUT2D eigenvalue weighted by Crippen LogP contribution is 2.40. The van der Waals surface area contributed by atoms with Crippen LogP contribution in [0.4, 0.5) is 17.6 Å². The number of rotatable bonds is 5. The van der Waals surface area contributed by atoms with Crippen LogP contribution in [0.25, 0.3) is 33.2 Å². The second kappa shape index (κ2) is 8.90. The van der Waals surface area contributed by atoms with Crippen molar-refractivity contribution in [3.8, 4) is 39.0 Å². The minimum absolute atomic E-state index is 0.0837. The van der Waals surface area contributed by atoms with E-state index in [-0.39, 0.29) is 39.1 Å². The lowest BCUT2D eigenvalue weighted by atomic mass is 10.1. The van der Waals surface area contributed by atoms with E-state index in [4.69, 9.17) is 16.3 Å². The van der Waals surface area contributed by atoms with Crippen molar-refractivity contribution in [2.24, 2.45) is 0 Å². The standard InChI is InChI=1S/C23H14ClF4N5OS/c1-34-12-6-7-13(15(8-12)23(26,27)28)22-32-31-18(35-22)10-33-9-17-21(29-11-33)19(24)20(30-17)14-4-2-3-5-16(14)25/h2-9,11H,10H2,1H3. The Bertz CT molecular complexity index is 1500. The number of nitrogens with zero attached hydrogens (tertiary/aromatic N) is 5. The Morgan fingerprint density at radius 2 is 1.86 bits per heavy atom. The van der Waals surface area contributed by atoms with Crippen LogP contribution in [0.2, 0.25) is 5.02 Å². The third-order valence-electron chi connectivity index (χ3n) is 5.19. The van der Waals surface area contributed by atoms with Gasteiger partial charge in [-0.1, -0.05) is 35.1 Å². The van der Waals surface area contributed by atoms with Crippen molar-refractivity contribution in [3.63, 3.8) is 0 Å². The zero-order chi connectivity index (χ0) is 24.7. The van der Waals surface area contributed by atoms with E-state index in [0.29, 0.717) is 16.4 Å². The molecule has 0 N–H and O–H groups in total. The Kier molecular flexibility index (Phi) is 5.89. The Labute approximate surface area is 205 Å². The molecule has 0 atom stereocenters. The van der Waals surface area contributed by atoms with Gasteiger partial charge in [0, 0.05) is 17.3 Å². The topological polar surface area (TPSA) is 65.7 Å². The molecular formula is C23H14ClF4N5OS. The lowest BCUT2D eigenvalue weighted by molar-refractivity contribution is -0.137. The number of hydrogen-bond acceptors (Lipinski definition) is 6. The summed E-state index contributed by atoms with van der Waals surface area (Å²) in [6.07, 6.45) is -1.43. The van der Waals surface area contributed by atoms with Crippen molar-refractivity contribution in [1.29, 1.82) is 0 Å². The van der Waals surface area contributed by atoms with E-state index in [1.807, 2.05) is 0 Å². The highest BCUT2D eigenvalue weighted by Gasteiger charge is 2.35. The van der Waals surface area contributed by atoms with E-state index in [2.05, 4.69) is 20.2 Å². The van der Waals surface area contributed by atoms with Gasteiger partial charge in [-0.05, 0) is 30.3 Å². The summed E-state index contributed by atoms with van der Waals surface area (Å²) in [7, 11) is 1.30. The Hall–Kier alpha value is -3.57. The number of methoxy groups -OCH3 is 1. The van der Waals surface area contributed by atoms with Gasteiger partial charge in [0.15, 0.2) is 0 Å². The average molecular weight is 520 g/mol. The van der Waals surface area contributed by atoms with Crippen LogP contribution in [-0.2, 0) is 12.7 Å². The van der Waals surface area contributed by atoms with Crippen LogP contribution in [0.1, 0.15) is 10.6 Å². The van der Waals surface area contributed by atoms with Gasteiger partial charge in [-0.25, -0.2) is 14.4 Å². The SMILES string of the molecule is COc1ccc(-c2nnc(Cn3cnc4c(Cl)c(-c5ccccc5F)nc-4c3)s2)c(C(F)(F)F)c1. The third-order valence-corrected chi connectivity index (χ3v) is 6.49. The summed E-state index contributed by atoms with van der Waals surface area (Å²) in [5.74, 6) is -0.361. The molecule has 5 rings (SSSR count). The summed E-state index contributed by atoms with van der Waals surface area (Å²) in [6.45, 7) is 0.192. The molecule has 3 aromatic rings. The summed E-state index contributed by atoms with van der Waals surface area (Å²) >= 11 is 7.43. The molecule has 0 amide bonds. The second-order valence-electron chi connectivity index (χ2n) is 7.44. The molecule has 0 spiro atoms. The molecule has 0 fully saturated rings. The number of aromatic nitrogens is 5. The summed E-state index contributed by atoms with van der Waals surface area (Å²) in [4.78, 5) is 8.75. The van der Waals surface area contributed by atoms with Gasteiger partial charge in [0.05, 0.1) is 36.3 Å². The van der Waals surface area contributed by atoms with Gasteiger partial charge in [0.1, 0.15) is 33.0 Å². The van der Waals surface area contributed by atoms with Crippen molar-refractivity contribution >= 4 is 22.9 Å². The molecule has 3 heterocycles. The number of hydrogen-bond donors (Lipinski definition) is 0. The van der Waals surface area contributed by atoms with E-state index < -0.39 is 17.6 Å². The number of benzene rings is 2. The van der Waals surface area contributed by atoms with Crippen LogP contribution in [0.15, 0.2) is 55.0 Å². The number of alkyl halides is 3. The zero-order valence-electron chi connectivity index (χ0n) is 17.8. The molecule has 0 bridgehead atoms. The fourth-order valence-electron chi connectivity index (χ4n) is 3.55. The van der Waals surface area contributed by atoms with Gasteiger partial charge >= 0.3 is 6.18 Å². The average Bonchev–Trinajstić information content (AvgIpc) is 3.42. The zero-order valence-corrected chi connectivity index (χ0v) is 19.4. The van der Waals surface area contributed by atoms with Gasteiger partial charge < -0.3 is 9.30 Å². The van der Waals surface area contributed by atoms with Gasteiger partial charge in [0.25, 0.3) is 0 Å². The first-order chi connectivity index (χ1) is 16.7. The van der Waals surface area contributed by atoms with E-state index in [1.165, 1.54) is 31.6 Å². The van der Waals surface area contributed by atoms with Crippen LogP contribution in [0.3, 0.4) is 0 Å². The molecule has 1 aromatic heterocycles. The molecule has 178 valence electrons. The van der Waals surface area contributed by atoms with Crippen LogP contribution >= 0.6 is 22.9 Å². The van der Waals surface area contributed by atoms with E-state index in [0.717, 1.165) is 17.4 Å². The van der Waals surface area contributed by atoms with Crippen LogP contribution in [0, 0.1) is 5.82 Å². The third kappa shape index (κ3) is 4.44. The smallest absolute Gasteiger partial charge is 0.417 e. The quantitative estimate of drug-likeness (QED) is 0.250. The van der Waals surface area contributed by atoms with Crippen LogP contribution in [-0.4, -0.2) is 31.8 Å². The van der Waals surface area contributed by atoms with E-state index >= 15 is 0 Å². The Morgan fingerprint density at radius 3 is 2.60 bits per heavy atom. The van der Waals surface area contributed by atoms with Crippen molar-refractivity contribution in [2.75, 3.05) is 7.11 Å². The lowest BCUT2D eigenvalue weighted by Crippen LogP contribution is -2.07. The van der Waals surface area contributed by atoms with Crippen molar-refractivity contribution in [1.82, 2.24) is 24.7 Å². The van der Waals surface area contributed by atoms with Gasteiger partial charge in [-0.2, -0.15) is 13.2 Å². The Morgan fingerprint density at radius 1 is 1.06 bits per heavy atom. The van der Waals surface area contributed by atoms with Crippen LogP contribution < -0.4 is 4.74 Å². The second-order valence-corrected chi connectivity index (χ2v) is 8.88. The molecule has 35 heavy (non-hydrogen) atoms. The fraction of sp³-hybridized carbons (Fsp3) is 0.130. The van der Waals surface area contributed by atoms with Gasteiger partial charge in [0.2, 0.25) is 0 Å². The molecule has 12 heteroatoms. The van der Waals surface area contributed by atoms with Crippen molar-refractivity contribution < 1.29 is 22.3 Å². The maximum atomic E-state index is 14.2. The summed E-state index contributed by atoms with van der Waals surface area (Å²) in [5, 5.41) is 8.82. The van der Waals surface area contributed by atoms with Gasteiger partial charge in [-0.15, -0.1) is 10.2 Å². The largest absolute Gasteiger partial charge is 0.497 e. The molecule has 0 saturated carbocycles. The molecular weight excluding hydrogens is 506 g/mol. The molecule has 2 aromatic carbocycles. The highest BCUT2D eigenvalue weighted by molar-refractivity contribution is 7.14. The van der Waals surface area contributed by atoms with Crippen molar-refractivity contribution in [2.45, 2.75) is 12.7 Å². The summed E-state index contributed by atoms with van der Waals surface area (Å²) in [6, 6.07) is 9.83. The Balaban J connectivity index is 1.45. The molecule has 6 nitrogen and oxygen atoms in total. The fourth-order valence-corrected chi connectivity index (χ4v) is 4.73. The lowest BCUT2D eigenvalue weighted by Gasteiger charge is -2.12. The molecule has 0 saturated heterocycles. The van der Waals surface area contributed by atoms with E-state index in [9.17, 15) is 17.6 Å². The monoisotopic (exact) mass is 519 g/mol. The number of halogens is 5. The van der Waals surface area contributed by atoms with Crippen molar-refractivity contribution in [3.05, 3.63) is 76.4 Å². The summed E-state index contributed by atoms with van der Waals surface area (Å²) in [5.41, 5.74) is 0.451. The minimum atomic E-state index is -4.59. The maximum Gasteiger partial charge on any atom is 0.417 e. The maximum absolute atomic E-state index is 14.2. The number of ether oxygens (including phenoxy) is 1. The first-order valence-corrected chi connectivity index (χ1v) is 11.3.